The number of alkyl halides is 1. The van der Waals surface area contributed by atoms with Gasteiger partial charge in [0.25, 0.3) is 0 Å². The molecule has 1 aromatic heterocycles. The van der Waals surface area contributed by atoms with E-state index in [1.165, 1.54) is 11.3 Å². The second-order valence-corrected chi connectivity index (χ2v) is 12.4. The monoisotopic (exact) mass is 562 g/mol. The van der Waals surface area contributed by atoms with E-state index in [-0.39, 0.29) is 37.0 Å². The number of ether oxygens (including phenoxy) is 1. The molecule has 0 bridgehead atoms. The average molecular weight is 564 g/mol. The lowest BCUT2D eigenvalue weighted by Gasteiger charge is -2.23. The van der Waals surface area contributed by atoms with E-state index < -0.39 is 17.5 Å². The lowest BCUT2D eigenvalue weighted by Crippen LogP contribution is -2.32. The summed E-state index contributed by atoms with van der Waals surface area (Å²) < 4.78 is 5.28. The lowest BCUT2D eigenvalue weighted by molar-refractivity contribution is -0.00596. The van der Waals surface area contributed by atoms with Gasteiger partial charge in [0, 0.05) is 25.7 Å². The molecule has 0 radical (unpaired) electrons. The smallest absolute Gasteiger partial charge is 0.348 e. The van der Waals surface area contributed by atoms with E-state index in [0.29, 0.717) is 21.3 Å². The van der Waals surface area contributed by atoms with Gasteiger partial charge in [-0.3, -0.25) is 0 Å². The molecule has 1 aromatic carbocycles. The van der Waals surface area contributed by atoms with Crippen LogP contribution in [0.25, 0.3) is 0 Å². The fraction of sp³-hybridized carbons (Fsp3) is 0.577. The summed E-state index contributed by atoms with van der Waals surface area (Å²) >= 11 is 20.3. The van der Waals surface area contributed by atoms with Crippen molar-refractivity contribution in [1.29, 1.82) is 0 Å². The van der Waals surface area contributed by atoms with Gasteiger partial charge in [0.1, 0.15) is 11.5 Å². The highest BCUT2D eigenvalue weighted by Gasteiger charge is 2.40. The van der Waals surface area contributed by atoms with Crippen LogP contribution in [0.1, 0.15) is 52.7 Å². The first-order chi connectivity index (χ1) is 16.6. The van der Waals surface area contributed by atoms with E-state index >= 15 is 0 Å². The van der Waals surface area contributed by atoms with Crippen molar-refractivity contribution >= 4 is 52.1 Å². The molecular weight excluding hydrogens is 531 g/mol. The maximum Gasteiger partial charge on any atom is 0.348 e. The number of aliphatic hydroxyl groups excluding tert-OH is 3. The van der Waals surface area contributed by atoms with Crippen molar-refractivity contribution in [2.75, 3.05) is 19.8 Å². The number of carbonyl (C=O) groups is 1. The quantitative estimate of drug-likeness (QED) is 0.226. The first kappa shape index (κ1) is 28.7. The minimum Gasteiger partial charge on any atom is -0.461 e. The summed E-state index contributed by atoms with van der Waals surface area (Å²) in [5.74, 6) is -0.104. The highest BCUT2D eigenvalue weighted by atomic mass is 35.5. The number of aliphatic hydroxyl groups is 3. The molecule has 0 aliphatic heterocycles. The van der Waals surface area contributed by atoms with E-state index in [1.807, 2.05) is 18.2 Å². The predicted molar refractivity (Wildman–Crippen MR) is 142 cm³/mol. The van der Waals surface area contributed by atoms with Gasteiger partial charge >= 0.3 is 5.97 Å². The summed E-state index contributed by atoms with van der Waals surface area (Å²) in [6.07, 6.45) is 4.41. The van der Waals surface area contributed by atoms with E-state index in [9.17, 15) is 20.1 Å². The fourth-order valence-corrected chi connectivity index (χ4v) is 6.62. The number of hydrogen-bond acceptors (Lipinski definition) is 6. The summed E-state index contributed by atoms with van der Waals surface area (Å²) in [5, 5.41) is 30.5. The Morgan fingerprint density at radius 3 is 2.43 bits per heavy atom. The number of benzene rings is 1. The highest BCUT2D eigenvalue weighted by Crippen LogP contribution is 2.42. The highest BCUT2D eigenvalue weighted by molar-refractivity contribution is 7.13. The molecule has 2 aromatic rings. The average Bonchev–Trinajstić information content (AvgIpc) is 3.39. The number of carbonyl (C=O) groups excluding carboxylic acids is 1. The number of hydrogen-bond donors (Lipinski definition) is 3. The van der Waals surface area contributed by atoms with Gasteiger partial charge in [-0.1, -0.05) is 30.1 Å². The van der Waals surface area contributed by atoms with Crippen LogP contribution >= 0.6 is 46.1 Å². The SMILES string of the molecule is CC(CO)(CO)COC(=O)c1ccc(CCC[C@@H]2[C@@H](CCc3cc(Cl)cc(Cl)c3)[C@H](O)C[C@H]2Cl)s1. The number of rotatable bonds is 12. The molecule has 9 heteroatoms. The molecule has 194 valence electrons. The third-order valence-corrected chi connectivity index (χ3v) is 8.87. The van der Waals surface area contributed by atoms with Crippen LogP contribution in [-0.4, -0.2) is 52.6 Å². The molecule has 1 aliphatic carbocycles. The Labute approximate surface area is 226 Å². The van der Waals surface area contributed by atoms with E-state index in [1.54, 1.807) is 19.1 Å². The Hall–Kier alpha value is -0.860. The molecule has 1 aliphatic rings. The molecule has 0 unspecified atom stereocenters. The third-order valence-electron chi connectivity index (χ3n) is 6.80. The van der Waals surface area contributed by atoms with Gasteiger partial charge in [-0.05, 0) is 86.3 Å². The zero-order valence-corrected chi connectivity index (χ0v) is 22.8. The van der Waals surface area contributed by atoms with Crippen LogP contribution < -0.4 is 0 Å². The van der Waals surface area contributed by atoms with Gasteiger partial charge in [0.2, 0.25) is 0 Å². The predicted octanol–water partition coefficient (Wildman–Crippen LogP) is 5.76. The Kier molecular flexibility index (Phi) is 10.7. The van der Waals surface area contributed by atoms with Crippen molar-refractivity contribution in [3.05, 3.63) is 55.7 Å². The normalized spacial score (nSPS) is 22.5. The molecule has 0 spiro atoms. The molecule has 5 nitrogen and oxygen atoms in total. The Bertz CT molecular complexity index is 957. The number of esters is 1. The number of aryl methyl sites for hydroxylation is 2. The minimum absolute atomic E-state index is 0.0457. The molecule has 1 fully saturated rings. The molecule has 4 atom stereocenters. The van der Waals surface area contributed by atoms with Crippen LogP contribution in [0.4, 0.5) is 0 Å². The van der Waals surface area contributed by atoms with Crippen LogP contribution in [0.15, 0.2) is 30.3 Å². The molecule has 35 heavy (non-hydrogen) atoms. The third kappa shape index (κ3) is 8.06. The van der Waals surface area contributed by atoms with E-state index in [2.05, 4.69) is 0 Å². The molecule has 1 saturated carbocycles. The molecule has 3 N–H and O–H groups in total. The largest absolute Gasteiger partial charge is 0.461 e. The number of thiophene rings is 1. The summed E-state index contributed by atoms with van der Waals surface area (Å²) in [6.45, 7) is 1.08. The van der Waals surface area contributed by atoms with Crippen molar-refractivity contribution < 1.29 is 24.9 Å². The van der Waals surface area contributed by atoms with E-state index in [0.717, 1.165) is 42.5 Å². The summed E-state index contributed by atoms with van der Waals surface area (Å²) in [7, 11) is 0. The maximum atomic E-state index is 12.3. The summed E-state index contributed by atoms with van der Waals surface area (Å²) in [4.78, 5) is 13.9. The Morgan fingerprint density at radius 2 is 1.77 bits per heavy atom. The Morgan fingerprint density at radius 1 is 1.09 bits per heavy atom. The standard InChI is InChI=1S/C26H33Cl3O5S/c1-26(13-30,14-31)15-34-25(33)24-8-6-19(35-24)3-2-4-20-21(23(32)12-22(20)29)7-5-16-9-17(27)11-18(28)10-16/h6,8-11,20-23,30-32H,2-5,7,12-15H2,1H3/t20-,21-,22-,23-/m1/s1. The van der Waals surface area contributed by atoms with Crippen LogP contribution in [-0.2, 0) is 17.6 Å². The number of halogens is 3. The second kappa shape index (κ2) is 13.1. The van der Waals surface area contributed by atoms with Crippen LogP contribution in [0, 0.1) is 17.3 Å². The van der Waals surface area contributed by atoms with Gasteiger partial charge in [-0.15, -0.1) is 22.9 Å². The molecule has 0 saturated heterocycles. The van der Waals surface area contributed by atoms with Gasteiger partial charge in [0.15, 0.2) is 0 Å². The van der Waals surface area contributed by atoms with Gasteiger partial charge in [-0.2, -0.15) is 0 Å². The van der Waals surface area contributed by atoms with Gasteiger partial charge in [-0.25, -0.2) is 4.79 Å². The van der Waals surface area contributed by atoms with Crippen LogP contribution in [0.2, 0.25) is 10.0 Å². The first-order valence-corrected chi connectivity index (χ1v) is 13.9. The summed E-state index contributed by atoms with van der Waals surface area (Å²) in [5.41, 5.74) is 0.206. The molecule has 0 amide bonds. The molecule has 3 rings (SSSR count). The van der Waals surface area contributed by atoms with Gasteiger partial charge < -0.3 is 20.1 Å². The molecular formula is C26H33Cl3O5S. The second-order valence-electron chi connectivity index (χ2n) is 9.82. The maximum absolute atomic E-state index is 12.3. The zero-order chi connectivity index (χ0) is 25.6. The van der Waals surface area contributed by atoms with Crippen LogP contribution in [0.5, 0.6) is 0 Å². The van der Waals surface area contributed by atoms with Gasteiger partial charge in [0.05, 0.1) is 19.3 Å². The van der Waals surface area contributed by atoms with Crippen molar-refractivity contribution in [2.45, 2.75) is 56.9 Å². The van der Waals surface area contributed by atoms with Crippen molar-refractivity contribution in [1.82, 2.24) is 0 Å². The van der Waals surface area contributed by atoms with Crippen molar-refractivity contribution in [2.24, 2.45) is 17.3 Å². The topological polar surface area (TPSA) is 87.0 Å². The zero-order valence-electron chi connectivity index (χ0n) is 19.8. The minimum atomic E-state index is -0.852. The Balaban J connectivity index is 1.50. The van der Waals surface area contributed by atoms with Crippen molar-refractivity contribution in [3.8, 4) is 0 Å². The summed E-state index contributed by atoms with van der Waals surface area (Å²) in [6, 6.07) is 9.22. The van der Waals surface area contributed by atoms with Crippen LogP contribution in [0.3, 0.4) is 0 Å². The lowest BCUT2D eigenvalue weighted by atomic mass is 9.85. The first-order valence-electron chi connectivity index (χ1n) is 11.9. The van der Waals surface area contributed by atoms with E-state index in [4.69, 9.17) is 39.5 Å². The molecule has 1 heterocycles. The fourth-order valence-electron chi connectivity index (χ4n) is 4.61. The van der Waals surface area contributed by atoms with Crippen molar-refractivity contribution in [3.63, 3.8) is 0 Å².